The van der Waals surface area contributed by atoms with Crippen molar-refractivity contribution < 1.29 is 27.8 Å². The van der Waals surface area contributed by atoms with Gasteiger partial charge in [-0.25, -0.2) is 18.0 Å². The molecule has 0 aromatic carbocycles. The molecule has 0 amide bonds. The zero-order valence-electron chi connectivity index (χ0n) is 11.9. The average Bonchev–Trinajstić information content (AvgIpc) is 2.69. The molecule has 3 unspecified atom stereocenters. The smallest absolute Gasteiger partial charge is 0.351 e. The van der Waals surface area contributed by atoms with Gasteiger partial charge in [-0.3, -0.25) is 9.36 Å². The van der Waals surface area contributed by atoms with Crippen molar-refractivity contribution in [2.24, 2.45) is 0 Å². The summed E-state index contributed by atoms with van der Waals surface area (Å²) in [6.07, 6.45) is -3.60. The molecule has 0 saturated carbocycles. The lowest BCUT2D eigenvalue weighted by Gasteiger charge is -2.17. The molecule has 2 rings (SSSR count). The summed E-state index contributed by atoms with van der Waals surface area (Å²) in [7, 11) is 0. The van der Waals surface area contributed by atoms with Crippen LogP contribution in [0.2, 0.25) is 0 Å². The molecule has 1 fully saturated rings. The number of anilines is 1. The fraction of sp³-hybridized carbons (Fsp3) is 0.462. The van der Waals surface area contributed by atoms with Gasteiger partial charge < -0.3 is 15.6 Å². The van der Waals surface area contributed by atoms with E-state index in [0.29, 0.717) is 4.57 Å². The van der Waals surface area contributed by atoms with Crippen molar-refractivity contribution in [1.29, 1.82) is 0 Å². The standard InChI is InChI=1S/C13H14F3N3O4/c1-6(21)2-3-7-4-19(12(22)18-10(7)17)11-9(14)13(15,16)8(5-20)23-11/h2-4,8-9,11,20H,5H2,1H3,(H2,17,18,22)/b3-2+. The van der Waals surface area contributed by atoms with Gasteiger partial charge >= 0.3 is 11.6 Å². The van der Waals surface area contributed by atoms with Gasteiger partial charge in [-0.2, -0.15) is 4.98 Å². The highest BCUT2D eigenvalue weighted by Crippen LogP contribution is 2.42. The number of aromatic nitrogens is 2. The maximum Gasteiger partial charge on any atom is 0.351 e. The number of nitrogen functional groups attached to an aromatic ring is 1. The molecular weight excluding hydrogens is 319 g/mol. The Kier molecular flexibility index (Phi) is 4.57. The predicted molar refractivity (Wildman–Crippen MR) is 73.5 cm³/mol. The van der Waals surface area contributed by atoms with Gasteiger partial charge in [0.05, 0.1) is 6.61 Å². The van der Waals surface area contributed by atoms with Crippen molar-refractivity contribution in [3.8, 4) is 0 Å². The van der Waals surface area contributed by atoms with Crippen LogP contribution < -0.4 is 11.4 Å². The minimum Gasteiger partial charge on any atom is -0.393 e. The second-order valence-electron chi connectivity index (χ2n) is 4.99. The van der Waals surface area contributed by atoms with E-state index < -0.39 is 36.7 Å². The number of nitrogens with two attached hydrogens (primary N) is 1. The van der Waals surface area contributed by atoms with Gasteiger partial charge in [-0.15, -0.1) is 0 Å². The van der Waals surface area contributed by atoms with Crippen LogP contribution in [-0.4, -0.2) is 45.2 Å². The maximum absolute atomic E-state index is 13.9. The highest BCUT2D eigenvalue weighted by Gasteiger charge is 2.60. The van der Waals surface area contributed by atoms with Crippen molar-refractivity contribution in [3.63, 3.8) is 0 Å². The van der Waals surface area contributed by atoms with Crippen LogP contribution in [0.1, 0.15) is 18.7 Å². The second-order valence-corrected chi connectivity index (χ2v) is 4.99. The zero-order chi connectivity index (χ0) is 17.4. The summed E-state index contributed by atoms with van der Waals surface area (Å²) in [6.45, 7) is 0.151. The number of rotatable bonds is 4. The van der Waals surface area contributed by atoms with Crippen LogP contribution in [0.15, 0.2) is 17.1 Å². The van der Waals surface area contributed by atoms with Gasteiger partial charge in [0.15, 0.2) is 12.0 Å². The first-order valence-electron chi connectivity index (χ1n) is 6.54. The van der Waals surface area contributed by atoms with E-state index in [1.54, 1.807) is 0 Å². The first-order chi connectivity index (χ1) is 10.7. The topological polar surface area (TPSA) is 107 Å². The Balaban J connectivity index is 2.46. The predicted octanol–water partition coefficient (Wildman–Crippen LogP) is 0.291. The second kappa shape index (κ2) is 6.13. The molecule has 3 N–H and O–H groups in total. The van der Waals surface area contributed by atoms with E-state index in [2.05, 4.69) is 4.98 Å². The summed E-state index contributed by atoms with van der Waals surface area (Å²) < 4.78 is 46.4. The van der Waals surface area contributed by atoms with E-state index in [-0.39, 0.29) is 17.2 Å². The maximum atomic E-state index is 13.9. The minimum atomic E-state index is -3.96. The van der Waals surface area contributed by atoms with Crippen LogP contribution in [-0.2, 0) is 9.53 Å². The summed E-state index contributed by atoms with van der Waals surface area (Å²) in [5.41, 5.74) is 4.48. The summed E-state index contributed by atoms with van der Waals surface area (Å²) in [5.74, 6) is -4.53. The van der Waals surface area contributed by atoms with Gasteiger partial charge in [-0.1, -0.05) is 0 Å². The number of ether oxygens (including phenoxy) is 1. The Morgan fingerprint density at radius 2 is 2.26 bits per heavy atom. The molecule has 0 bridgehead atoms. The van der Waals surface area contributed by atoms with E-state index >= 15 is 0 Å². The van der Waals surface area contributed by atoms with Crippen molar-refractivity contribution in [2.75, 3.05) is 12.3 Å². The fourth-order valence-electron chi connectivity index (χ4n) is 2.08. The lowest BCUT2D eigenvalue weighted by atomic mass is 10.1. The summed E-state index contributed by atoms with van der Waals surface area (Å²) in [4.78, 5) is 26.1. The van der Waals surface area contributed by atoms with Crippen LogP contribution in [0.5, 0.6) is 0 Å². The molecule has 1 aromatic heterocycles. The fourth-order valence-corrected chi connectivity index (χ4v) is 2.08. The molecule has 2 heterocycles. The Morgan fingerprint density at radius 3 is 2.78 bits per heavy atom. The molecule has 0 spiro atoms. The van der Waals surface area contributed by atoms with Crippen LogP contribution in [0.25, 0.3) is 6.08 Å². The Bertz CT molecular complexity index is 704. The van der Waals surface area contributed by atoms with E-state index in [4.69, 9.17) is 15.6 Å². The van der Waals surface area contributed by atoms with Crippen molar-refractivity contribution >= 4 is 17.7 Å². The third kappa shape index (κ3) is 3.13. The largest absolute Gasteiger partial charge is 0.393 e. The number of nitrogens with zero attached hydrogens (tertiary/aromatic N) is 2. The highest BCUT2D eigenvalue weighted by atomic mass is 19.3. The van der Waals surface area contributed by atoms with Gasteiger partial charge in [0.1, 0.15) is 11.9 Å². The number of alkyl halides is 3. The molecule has 1 aromatic rings. The molecule has 0 radical (unpaired) electrons. The number of allylic oxidation sites excluding steroid dienone is 1. The molecule has 1 aliphatic heterocycles. The molecule has 1 saturated heterocycles. The molecule has 23 heavy (non-hydrogen) atoms. The summed E-state index contributed by atoms with van der Waals surface area (Å²) in [5, 5.41) is 8.85. The van der Waals surface area contributed by atoms with Crippen molar-refractivity contribution in [3.05, 3.63) is 28.3 Å². The quantitative estimate of drug-likeness (QED) is 0.767. The lowest BCUT2D eigenvalue weighted by molar-refractivity contribution is -0.112. The molecule has 3 atom stereocenters. The van der Waals surface area contributed by atoms with E-state index in [1.165, 1.54) is 13.0 Å². The van der Waals surface area contributed by atoms with Crippen molar-refractivity contribution in [2.45, 2.75) is 31.3 Å². The third-order valence-corrected chi connectivity index (χ3v) is 3.30. The number of carbonyl (C=O) groups excluding carboxylic acids is 1. The van der Waals surface area contributed by atoms with Crippen molar-refractivity contribution in [1.82, 2.24) is 9.55 Å². The van der Waals surface area contributed by atoms with Crippen LogP contribution in [0.3, 0.4) is 0 Å². The highest BCUT2D eigenvalue weighted by molar-refractivity contribution is 5.92. The summed E-state index contributed by atoms with van der Waals surface area (Å²) >= 11 is 0. The molecule has 1 aliphatic rings. The number of hydrogen-bond acceptors (Lipinski definition) is 6. The Labute approximate surface area is 128 Å². The number of hydrogen-bond donors (Lipinski definition) is 2. The van der Waals surface area contributed by atoms with Gasteiger partial charge in [-0.05, 0) is 19.1 Å². The monoisotopic (exact) mass is 333 g/mol. The molecular formula is C13H14F3N3O4. The van der Waals surface area contributed by atoms with E-state index in [9.17, 15) is 22.8 Å². The van der Waals surface area contributed by atoms with Gasteiger partial charge in [0.2, 0.25) is 6.17 Å². The first kappa shape index (κ1) is 17.2. The molecule has 126 valence electrons. The number of ketones is 1. The van der Waals surface area contributed by atoms with Gasteiger partial charge in [0, 0.05) is 11.8 Å². The number of halogens is 3. The first-order valence-corrected chi connectivity index (χ1v) is 6.54. The lowest BCUT2D eigenvalue weighted by Crippen LogP contribution is -2.39. The Hall–Kier alpha value is -2.20. The summed E-state index contributed by atoms with van der Waals surface area (Å²) in [6, 6.07) is 0. The normalized spacial score (nSPS) is 26.7. The molecule has 0 aliphatic carbocycles. The molecule has 10 heteroatoms. The zero-order valence-corrected chi connectivity index (χ0v) is 11.9. The molecule has 7 nitrogen and oxygen atoms in total. The number of carbonyl (C=O) groups is 1. The SMILES string of the molecule is CC(=O)/C=C/c1cn(C2OC(CO)C(F)(F)C2F)c(=O)nc1N. The van der Waals surface area contributed by atoms with E-state index in [0.717, 1.165) is 12.3 Å². The third-order valence-electron chi connectivity index (χ3n) is 3.30. The van der Waals surface area contributed by atoms with Crippen LogP contribution in [0, 0.1) is 0 Å². The number of aliphatic hydroxyl groups is 1. The Morgan fingerprint density at radius 1 is 1.61 bits per heavy atom. The van der Waals surface area contributed by atoms with Crippen LogP contribution >= 0.6 is 0 Å². The average molecular weight is 333 g/mol. The minimum absolute atomic E-state index is 0.0614. The number of aliphatic hydroxyl groups excluding tert-OH is 1. The van der Waals surface area contributed by atoms with E-state index in [1.807, 2.05) is 0 Å². The van der Waals surface area contributed by atoms with Gasteiger partial charge in [0.25, 0.3) is 0 Å². The van der Waals surface area contributed by atoms with Crippen LogP contribution in [0.4, 0.5) is 19.0 Å².